The highest BCUT2D eigenvalue weighted by molar-refractivity contribution is 6.27. The van der Waals surface area contributed by atoms with Gasteiger partial charge in [-0.05, 0) is 201 Å². The van der Waals surface area contributed by atoms with Gasteiger partial charge in [-0.3, -0.25) is 0 Å². The Hall–Kier alpha value is -4.94. The molecule has 1 aliphatic rings. The van der Waals surface area contributed by atoms with Crippen molar-refractivity contribution in [2.75, 3.05) is 0 Å². The molecule has 0 aliphatic heterocycles. The van der Waals surface area contributed by atoms with Gasteiger partial charge >= 0.3 is 0 Å². The van der Waals surface area contributed by atoms with Crippen LogP contribution in [0.25, 0.3) is 76.1 Å². The number of rotatable bonds is 0. The van der Waals surface area contributed by atoms with Gasteiger partial charge in [-0.25, -0.2) is 0 Å². The molecule has 0 spiro atoms. The van der Waals surface area contributed by atoms with Crippen LogP contribution >= 0.6 is 0 Å². The maximum absolute atomic E-state index is 2.32. The summed E-state index contributed by atoms with van der Waals surface area (Å²) >= 11 is 0. The van der Waals surface area contributed by atoms with Crippen LogP contribution < -0.4 is 0 Å². The summed E-state index contributed by atoms with van der Waals surface area (Å²) in [6, 6.07) is 30.7. The SMILES string of the molecule is Cc1c(C)c(C)c2c(c1C)-c1c(C)c(C)c(C)c3c(C)c(C)c(C)c-2c13.c1ccc2c(c1)ccc1ccc3ccc4ccccc4c3c12. The van der Waals surface area contributed by atoms with Crippen molar-refractivity contribution in [3.63, 3.8) is 0 Å². The van der Waals surface area contributed by atoms with Gasteiger partial charge in [-0.1, -0.05) is 84.9 Å². The molecule has 48 heavy (non-hydrogen) atoms. The zero-order valence-corrected chi connectivity index (χ0v) is 30.1. The second kappa shape index (κ2) is 10.8. The van der Waals surface area contributed by atoms with E-state index in [0.717, 1.165) is 0 Å². The second-order valence-electron chi connectivity index (χ2n) is 14.3. The van der Waals surface area contributed by atoms with Crippen LogP contribution in [0.1, 0.15) is 55.6 Å². The molecule has 1 aliphatic carbocycles. The van der Waals surface area contributed by atoms with E-state index >= 15 is 0 Å². The summed E-state index contributed by atoms with van der Waals surface area (Å²) in [5.41, 5.74) is 20.6. The van der Waals surface area contributed by atoms with Crippen LogP contribution in [0.5, 0.6) is 0 Å². The van der Waals surface area contributed by atoms with Crippen LogP contribution in [0.3, 0.4) is 0 Å². The van der Waals surface area contributed by atoms with Gasteiger partial charge < -0.3 is 0 Å². The predicted octanol–water partition coefficient (Wildman–Crippen LogP) is 13.9. The first kappa shape index (κ1) is 30.4. The van der Waals surface area contributed by atoms with Gasteiger partial charge in [0.15, 0.2) is 0 Å². The lowest BCUT2D eigenvalue weighted by Crippen LogP contribution is -1.98. The van der Waals surface area contributed by atoms with E-state index < -0.39 is 0 Å². The third-order valence-corrected chi connectivity index (χ3v) is 12.3. The Kier molecular flexibility index (Phi) is 6.83. The van der Waals surface area contributed by atoms with E-state index in [1.807, 2.05) is 0 Å². The van der Waals surface area contributed by atoms with Gasteiger partial charge in [0.25, 0.3) is 0 Å². The molecular formula is C48H44. The van der Waals surface area contributed by atoms with Crippen LogP contribution in [0.15, 0.2) is 84.9 Å². The topological polar surface area (TPSA) is 0 Å². The van der Waals surface area contributed by atoms with Crippen molar-refractivity contribution in [2.45, 2.75) is 69.2 Å². The molecule has 0 heterocycles. The number of fused-ring (bicyclic) bond motifs is 10. The third-order valence-electron chi connectivity index (χ3n) is 12.3. The Morgan fingerprint density at radius 2 is 0.542 bits per heavy atom. The lowest BCUT2D eigenvalue weighted by Gasteiger charge is -2.19. The number of benzene rings is 8. The van der Waals surface area contributed by atoms with Crippen LogP contribution in [0.2, 0.25) is 0 Å². The van der Waals surface area contributed by atoms with Gasteiger partial charge in [-0.2, -0.15) is 0 Å². The first-order valence-corrected chi connectivity index (χ1v) is 17.4. The molecule has 0 unspecified atom stereocenters. The minimum Gasteiger partial charge on any atom is -0.0616 e. The van der Waals surface area contributed by atoms with Crippen LogP contribution in [0, 0.1) is 69.2 Å². The van der Waals surface area contributed by atoms with Crippen molar-refractivity contribution >= 4 is 53.9 Å². The zero-order chi connectivity index (χ0) is 33.8. The second-order valence-corrected chi connectivity index (χ2v) is 14.3. The molecule has 236 valence electrons. The molecule has 0 atom stereocenters. The smallest absolute Gasteiger partial charge is 0.00151 e. The summed E-state index contributed by atoms with van der Waals surface area (Å²) in [7, 11) is 0. The molecule has 8 aromatic carbocycles. The Labute approximate surface area is 285 Å². The van der Waals surface area contributed by atoms with Crippen LogP contribution in [0.4, 0.5) is 0 Å². The zero-order valence-electron chi connectivity index (χ0n) is 30.1. The fourth-order valence-corrected chi connectivity index (χ4v) is 8.87. The largest absolute Gasteiger partial charge is 0.0616 e. The first-order valence-electron chi connectivity index (χ1n) is 17.4. The fraction of sp³-hybridized carbons (Fsp3) is 0.208. The van der Waals surface area contributed by atoms with E-state index in [1.54, 1.807) is 0 Å². The van der Waals surface area contributed by atoms with Crippen LogP contribution in [-0.4, -0.2) is 0 Å². The van der Waals surface area contributed by atoms with Crippen molar-refractivity contribution in [1.82, 2.24) is 0 Å². The normalized spacial score (nSPS) is 12.0. The van der Waals surface area contributed by atoms with E-state index in [1.165, 1.54) is 132 Å². The molecule has 0 nitrogen and oxygen atoms in total. The Balaban J connectivity index is 0.000000142. The molecule has 0 N–H and O–H groups in total. The molecule has 0 amide bonds. The predicted molar refractivity (Wildman–Crippen MR) is 212 cm³/mol. The Morgan fingerprint density at radius 1 is 0.229 bits per heavy atom. The molecule has 0 heteroatoms. The molecule has 0 radical (unpaired) electrons. The molecule has 9 rings (SSSR count). The molecule has 0 bridgehead atoms. The fourth-order valence-electron chi connectivity index (χ4n) is 8.87. The number of aryl methyl sites for hydroxylation is 2. The van der Waals surface area contributed by atoms with Gasteiger partial charge in [0.2, 0.25) is 0 Å². The highest BCUT2D eigenvalue weighted by Crippen LogP contribution is 2.56. The summed E-state index contributed by atoms with van der Waals surface area (Å²) in [6.07, 6.45) is 0. The summed E-state index contributed by atoms with van der Waals surface area (Å²) in [4.78, 5) is 0. The number of hydrogen-bond acceptors (Lipinski definition) is 0. The van der Waals surface area contributed by atoms with Crippen molar-refractivity contribution in [2.24, 2.45) is 0 Å². The van der Waals surface area contributed by atoms with E-state index in [0.29, 0.717) is 0 Å². The molecule has 0 aromatic heterocycles. The minimum absolute atomic E-state index is 1.30. The Morgan fingerprint density at radius 3 is 0.938 bits per heavy atom. The van der Waals surface area contributed by atoms with E-state index in [9.17, 15) is 0 Å². The van der Waals surface area contributed by atoms with Gasteiger partial charge in [0.1, 0.15) is 0 Å². The van der Waals surface area contributed by atoms with Gasteiger partial charge in [0.05, 0.1) is 0 Å². The molecular weight excluding hydrogens is 577 g/mol. The van der Waals surface area contributed by atoms with Crippen LogP contribution in [-0.2, 0) is 0 Å². The maximum Gasteiger partial charge on any atom is -0.00151 e. The highest BCUT2D eigenvalue weighted by atomic mass is 14.4. The van der Waals surface area contributed by atoms with Gasteiger partial charge in [0, 0.05) is 0 Å². The molecule has 0 saturated heterocycles. The molecule has 0 saturated carbocycles. The standard InChI is InChI=1S/C26H30.C22H14/c1-11-12(2)18(8)23-22(17(11)7)24-19(9)13(3)15(5)21-16(6)14(4)20(10)25(23)26(21)24;1-3-7-19-15(5-1)9-11-17-13-14-18-12-10-16-6-2-4-8-20(16)22(18)21(17)19/h1-10H3;1-14H. The summed E-state index contributed by atoms with van der Waals surface area (Å²) in [5.74, 6) is 0. The summed E-state index contributed by atoms with van der Waals surface area (Å²) < 4.78 is 0. The van der Waals surface area contributed by atoms with E-state index in [2.05, 4.69) is 154 Å². The average molecular weight is 621 g/mol. The molecule has 0 fully saturated rings. The number of hydrogen-bond donors (Lipinski definition) is 0. The first-order chi connectivity index (χ1) is 23.0. The van der Waals surface area contributed by atoms with Crippen molar-refractivity contribution in [3.05, 3.63) is 141 Å². The lowest BCUT2D eigenvalue weighted by atomic mass is 9.85. The van der Waals surface area contributed by atoms with Gasteiger partial charge in [-0.15, -0.1) is 0 Å². The Bertz CT molecular complexity index is 2500. The average Bonchev–Trinajstić information content (AvgIpc) is 3.47. The van der Waals surface area contributed by atoms with Crippen molar-refractivity contribution in [3.8, 4) is 22.3 Å². The molecule has 8 aromatic rings. The summed E-state index contributed by atoms with van der Waals surface area (Å²) in [6.45, 7) is 23.1. The summed E-state index contributed by atoms with van der Waals surface area (Å²) in [5, 5.41) is 13.6. The minimum atomic E-state index is 1.30. The van der Waals surface area contributed by atoms with Crippen molar-refractivity contribution < 1.29 is 0 Å². The third kappa shape index (κ3) is 4.02. The quantitative estimate of drug-likeness (QED) is 0.148. The van der Waals surface area contributed by atoms with E-state index in [-0.39, 0.29) is 0 Å². The lowest BCUT2D eigenvalue weighted by molar-refractivity contribution is 1.22. The maximum atomic E-state index is 2.32. The van der Waals surface area contributed by atoms with E-state index in [4.69, 9.17) is 0 Å². The highest BCUT2D eigenvalue weighted by Gasteiger charge is 2.32. The monoisotopic (exact) mass is 620 g/mol. The van der Waals surface area contributed by atoms with Crippen molar-refractivity contribution in [1.29, 1.82) is 0 Å².